The van der Waals surface area contributed by atoms with E-state index in [9.17, 15) is 0 Å². The Bertz CT molecular complexity index is 329. The predicted octanol–water partition coefficient (Wildman–Crippen LogP) is 5.00. The van der Waals surface area contributed by atoms with Crippen molar-refractivity contribution >= 4 is 37.1 Å². The van der Waals surface area contributed by atoms with Crippen LogP contribution in [-0.4, -0.2) is 29.4 Å². The van der Waals surface area contributed by atoms with Gasteiger partial charge in [-0.05, 0) is 23.6 Å². The first-order valence-electron chi connectivity index (χ1n) is 9.56. The van der Waals surface area contributed by atoms with Crippen LogP contribution in [0.2, 0.25) is 9.62 Å². The maximum Gasteiger partial charge on any atom is 0.319 e. The Morgan fingerprint density at radius 1 is 0.519 bits per heavy atom. The maximum absolute atomic E-state index is 7.56. The molecule has 0 radical (unpaired) electrons. The summed E-state index contributed by atoms with van der Waals surface area (Å²) in [6.45, 7) is -3.01. The van der Waals surface area contributed by atoms with Crippen LogP contribution in [0.25, 0.3) is 0 Å². The van der Waals surface area contributed by atoms with Gasteiger partial charge in [0.25, 0.3) is 0 Å². The molecule has 6 nitrogen and oxygen atoms in total. The molecule has 0 aromatic heterocycles. The summed E-state index contributed by atoms with van der Waals surface area (Å²) in [7, 11) is 0. The molecule has 6 N–H and O–H groups in total. The van der Waals surface area contributed by atoms with Gasteiger partial charge in [-0.25, -0.2) is 0 Å². The molecular formula is C16H40MoO6P2S2. The van der Waals surface area contributed by atoms with Gasteiger partial charge in [0.2, 0.25) is 0 Å². The number of hydrogen-bond donors (Lipinski definition) is 6. The van der Waals surface area contributed by atoms with E-state index in [0.29, 0.717) is 18.6 Å². The molecule has 0 bridgehead atoms. The molecule has 0 amide bonds. The molecule has 0 fully saturated rings. The topological polar surface area (TPSA) is 121 Å². The summed E-state index contributed by atoms with van der Waals surface area (Å²) >= 11 is 7.61. The van der Waals surface area contributed by atoms with Crippen LogP contribution >= 0.6 is 13.4 Å². The predicted molar refractivity (Wildman–Crippen MR) is 118 cm³/mol. The van der Waals surface area contributed by atoms with E-state index in [-0.39, 0.29) is 0 Å². The van der Waals surface area contributed by atoms with Gasteiger partial charge in [-0.3, -0.25) is 0 Å². The minimum Gasteiger partial charge on any atom is -0.325 e. The molecule has 0 aromatic rings. The fourth-order valence-corrected chi connectivity index (χ4v) is 4.58. The van der Waals surface area contributed by atoms with Gasteiger partial charge in [0, 0.05) is 0 Å². The number of rotatable bonds is 14. The van der Waals surface area contributed by atoms with Crippen molar-refractivity contribution < 1.29 is 47.9 Å². The average Bonchev–Trinajstić information content (AvgIpc) is 2.49. The van der Waals surface area contributed by atoms with Crippen molar-refractivity contribution in [3.63, 3.8) is 0 Å². The summed E-state index contributed by atoms with van der Waals surface area (Å²) < 4.78 is 0. The molecule has 27 heavy (non-hydrogen) atoms. The summed E-state index contributed by atoms with van der Waals surface area (Å²) in [5.41, 5.74) is 0. The molecule has 0 rings (SSSR count). The molecule has 0 aliphatic carbocycles. The van der Waals surface area contributed by atoms with Crippen molar-refractivity contribution in [1.29, 1.82) is 0 Å². The molecule has 0 aliphatic rings. The molecule has 0 heterocycles. The van der Waals surface area contributed by atoms with Gasteiger partial charge in [0.05, 0.1) is 0 Å². The van der Waals surface area contributed by atoms with Gasteiger partial charge < -0.3 is 29.4 Å². The molecule has 0 unspecified atom stereocenters. The van der Waals surface area contributed by atoms with Gasteiger partial charge in [-0.2, -0.15) is 0 Å². The van der Waals surface area contributed by atoms with E-state index in [0.717, 1.165) is 0 Å². The fraction of sp³-hybridized carbons (Fsp3) is 1.00. The van der Waals surface area contributed by atoms with E-state index in [1.807, 2.05) is 0 Å². The molecule has 0 spiro atoms. The van der Waals surface area contributed by atoms with Crippen molar-refractivity contribution in [1.82, 2.24) is 0 Å². The maximum atomic E-state index is 7.56. The van der Waals surface area contributed by atoms with Crippen molar-refractivity contribution in [3.05, 3.63) is 0 Å². The third-order valence-corrected chi connectivity index (χ3v) is 6.12. The molecule has 0 aliphatic heterocycles. The molecule has 0 atom stereocenters. The molecule has 0 saturated heterocycles. The van der Waals surface area contributed by atoms with Crippen molar-refractivity contribution in [3.8, 4) is 0 Å². The Hall–Kier alpha value is 1.75. The molecule has 0 saturated carbocycles. The Kier molecular flexibility index (Phi) is 29.7. The molecule has 168 valence electrons. The van der Waals surface area contributed by atoms with Crippen molar-refractivity contribution in [2.45, 2.75) is 101 Å². The zero-order chi connectivity index (χ0) is 21.6. The summed E-state index contributed by atoms with van der Waals surface area (Å²) in [6.07, 6.45) is 17.7. The van der Waals surface area contributed by atoms with Crippen LogP contribution in [0.4, 0.5) is 0 Å². The first-order chi connectivity index (χ1) is 12.4. The van der Waals surface area contributed by atoms with E-state index in [1.165, 1.54) is 64.2 Å². The van der Waals surface area contributed by atoms with Crippen LogP contribution < -0.4 is 0 Å². The Balaban J connectivity index is -0.000000471. The molecule has 0 aromatic carbocycles. The van der Waals surface area contributed by atoms with E-state index in [4.69, 9.17) is 29.4 Å². The minimum absolute atomic E-state index is 0.406. The zero-order valence-corrected chi connectivity index (χ0v) is 22.1. The molecular weight excluding hydrogens is 510 g/mol. The zero-order valence-electron chi connectivity index (χ0n) is 16.7. The van der Waals surface area contributed by atoms with Gasteiger partial charge in [-0.1, -0.05) is 0 Å². The van der Waals surface area contributed by atoms with Crippen molar-refractivity contribution in [2.24, 2.45) is 0 Å². The Morgan fingerprint density at radius 3 is 1.00 bits per heavy atom. The largest absolute Gasteiger partial charge is 0.325 e. The third kappa shape index (κ3) is 74.2. The fourth-order valence-electron chi connectivity index (χ4n) is 2.07. The standard InChI is InChI=1S/2C8H17.Mo.2H3O3PS/c2*1-3-5-7-8-6-4-2;;2*1-4(2,3)5/h2*1,3-8H2,2H3;;2*(H3,1,2,3,5). The third-order valence-electron chi connectivity index (χ3n) is 3.28. The quantitative estimate of drug-likeness (QED) is 0.102. The smallest absolute Gasteiger partial charge is 0.319 e. The average molecular weight is 551 g/mol. The van der Waals surface area contributed by atoms with Crippen molar-refractivity contribution in [2.75, 3.05) is 0 Å². The van der Waals surface area contributed by atoms with E-state index >= 15 is 0 Å². The van der Waals surface area contributed by atoms with Gasteiger partial charge in [0.1, 0.15) is 0 Å². The van der Waals surface area contributed by atoms with Crippen LogP contribution in [0.3, 0.4) is 0 Å². The van der Waals surface area contributed by atoms with E-state index < -0.39 is 13.4 Å². The monoisotopic (exact) mass is 552 g/mol. The Labute approximate surface area is 184 Å². The first-order valence-corrected chi connectivity index (χ1v) is 17.7. The number of hydrogen-bond acceptors (Lipinski definition) is 2. The van der Waals surface area contributed by atoms with Crippen LogP contribution in [0.5, 0.6) is 0 Å². The first kappa shape index (κ1) is 33.4. The van der Waals surface area contributed by atoms with Crippen LogP contribution in [0, 0.1) is 0 Å². The number of unbranched alkanes of at least 4 members (excludes halogenated alkanes) is 10. The second-order valence-corrected chi connectivity index (χ2v) is 14.2. The normalized spacial score (nSPS) is 11.3. The second kappa shape index (κ2) is 24.0. The van der Waals surface area contributed by atoms with E-state index in [1.54, 1.807) is 22.5 Å². The Morgan fingerprint density at radius 2 is 0.741 bits per heavy atom. The van der Waals surface area contributed by atoms with Gasteiger partial charge in [-0.15, -0.1) is 0 Å². The molecule has 11 heteroatoms. The van der Waals surface area contributed by atoms with Gasteiger partial charge >= 0.3 is 133 Å². The van der Waals surface area contributed by atoms with E-state index in [2.05, 4.69) is 37.5 Å². The second-order valence-electron chi connectivity index (χ2n) is 6.17. The SMILES string of the molecule is CCCCCCC[CH2][Mo][CH2]CCCCCCC.OP(O)(O)=S.OP(O)(O)=S. The summed E-state index contributed by atoms with van der Waals surface area (Å²) in [5.74, 6) is 0. The summed E-state index contributed by atoms with van der Waals surface area (Å²) in [5, 5.41) is 0. The summed E-state index contributed by atoms with van der Waals surface area (Å²) in [4.78, 5) is 48.6. The van der Waals surface area contributed by atoms with Crippen LogP contribution in [0.15, 0.2) is 0 Å². The summed E-state index contributed by atoms with van der Waals surface area (Å²) in [6, 6.07) is 0. The van der Waals surface area contributed by atoms with Crippen LogP contribution in [-0.2, 0) is 42.2 Å². The minimum atomic E-state index is -3.81. The van der Waals surface area contributed by atoms with Crippen LogP contribution in [0.1, 0.15) is 90.9 Å². The van der Waals surface area contributed by atoms with Gasteiger partial charge in [0.15, 0.2) is 0 Å².